The number of benzene rings is 3. The molecule has 0 saturated carbocycles. The van der Waals surface area contributed by atoms with Gasteiger partial charge < -0.3 is 14.0 Å². The Morgan fingerprint density at radius 3 is 1.87 bits per heavy atom. The monoisotopic (exact) mass is 529 g/mol. The first kappa shape index (κ1) is 28.7. The molecule has 1 atom stereocenters. The van der Waals surface area contributed by atoms with E-state index in [1.54, 1.807) is 32.9 Å². The van der Waals surface area contributed by atoms with Crippen LogP contribution in [0.4, 0.5) is 4.39 Å². The Labute approximate surface area is 231 Å². The third kappa shape index (κ3) is 6.84. The summed E-state index contributed by atoms with van der Waals surface area (Å²) < 4.78 is 33.4. The third-order valence-corrected chi connectivity index (χ3v) is 7.07. The van der Waals surface area contributed by atoms with Gasteiger partial charge in [0.05, 0.1) is 16.9 Å². The molecular weight excluding hydrogens is 492 g/mol. The highest BCUT2D eigenvalue weighted by molar-refractivity contribution is 6.62. The number of nitrogens with zero attached hydrogens (tertiary/aromatic N) is 1. The van der Waals surface area contributed by atoms with Crippen molar-refractivity contribution in [1.82, 2.24) is 0 Å². The fourth-order valence-corrected chi connectivity index (χ4v) is 4.28. The van der Waals surface area contributed by atoms with Gasteiger partial charge in [-0.2, -0.15) is 0 Å². The molecule has 1 heterocycles. The molecule has 1 fully saturated rings. The predicted octanol–water partition coefficient (Wildman–Crippen LogP) is 5.92. The molecule has 1 saturated heterocycles. The molecule has 0 bridgehead atoms. The molecule has 39 heavy (non-hydrogen) atoms. The van der Waals surface area contributed by atoms with Crippen molar-refractivity contribution in [3.63, 3.8) is 0 Å². The lowest BCUT2D eigenvalue weighted by molar-refractivity contribution is -0.156. The molecule has 0 aromatic heterocycles. The molecule has 0 N–H and O–H groups in total. The topological polar surface area (TPSA) is 57.1 Å². The zero-order chi connectivity index (χ0) is 28.4. The van der Waals surface area contributed by atoms with Crippen LogP contribution < -0.4 is 5.46 Å². The highest BCUT2D eigenvalue weighted by Gasteiger charge is 2.51. The van der Waals surface area contributed by atoms with Crippen molar-refractivity contribution < 1.29 is 23.2 Å². The van der Waals surface area contributed by atoms with Gasteiger partial charge in [-0.3, -0.25) is 4.99 Å². The Morgan fingerprint density at radius 2 is 1.41 bits per heavy atom. The minimum Gasteiger partial charge on any atom is -0.458 e. The summed E-state index contributed by atoms with van der Waals surface area (Å²) in [5, 5.41) is 0. The maximum Gasteiger partial charge on any atom is 0.494 e. The second-order valence-corrected chi connectivity index (χ2v) is 11.9. The summed E-state index contributed by atoms with van der Waals surface area (Å²) in [6.07, 6.45) is 0.0353. The Bertz CT molecular complexity index is 1280. The average Bonchev–Trinajstić information content (AvgIpc) is 3.09. The van der Waals surface area contributed by atoms with E-state index in [4.69, 9.17) is 19.0 Å². The molecule has 5 nitrogen and oxygen atoms in total. The molecule has 204 valence electrons. The standard InChI is InChI=1S/C32H37BFNO4/c1-30(2,3)37-29(36)27(35-28(22-14-10-8-11-15-22)23-16-12-9-13-17-23)20-24-18-19-25(21-26(24)34)33-38-31(4,5)32(6,7)39-33/h8-19,21,27H,20H2,1-7H3. The fourth-order valence-electron chi connectivity index (χ4n) is 4.28. The Morgan fingerprint density at radius 1 is 0.897 bits per heavy atom. The smallest absolute Gasteiger partial charge is 0.458 e. The molecule has 0 radical (unpaired) electrons. The minimum absolute atomic E-state index is 0.0353. The molecule has 1 unspecified atom stereocenters. The summed E-state index contributed by atoms with van der Waals surface area (Å²) in [5.74, 6) is -0.965. The first-order valence-corrected chi connectivity index (χ1v) is 13.3. The summed E-state index contributed by atoms with van der Waals surface area (Å²) in [6, 6.07) is 23.2. The van der Waals surface area contributed by atoms with Crippen LogP contribution in [0.25, 0.3) is 0 Å². The first-order valence-electron chi connectivity index (χ1n) is 13.3. The van der Waals surface area contributed by atoms with E-state index in [1.165, 1.54) is 6.07 Å². The molecular formula is C32H37BFNO4. The fraction of sp³-hybridized carbons (Fsp3) is 0.375. The van der Waals surface area contributed by atoms with Crippen LogP contribution in [0.3, 0.4) is 0 Å². The van der Waals surface area contributed by atoms with E-state index in [2.05, 4.69) is 0 Å². The van der Waals surface area contributed by atoms with Gasteiger partial charge in [0.25, 0.3) is 0 Å². The van der Waals surface area contributed by atoms with Crippen LogP contribution in [0.2, 0.25) is 0 Å². The number of carbonyl (C=O) groups is 1. The van der Waals surface area contributed by atoms with Crippen molar-refractivity contribution >= 4 is 24.3 Å². The average molecular weight is 529 g/mol. The number of hydrogen-bond donors (Lipinski definition) is 0. The maximum absolute atomic E-state index is 15.5. The van der Waals surface area contributed by atoms with E-state index < -0.39 is 41.7 Å². The zero-order valence-electron chi connectivity index (χ0n) is 23.8. The van der Waals surface area contributed by atoms with Gasteiger partial charge in [-0.05, 0) is 65.6 Å². The van der Waals surface area contributed by atoms with Crippen molar-refractivity contribution in [2.75, 3.05) is 0 Å². The van der Waals surface area contributed by atoms with Gasteiger partial charge in [-0.25, -0.2) is 9.18 Å². The highest BCUT2D eigenvalue weighted by Crippen LogP contribution is 2.36. The molecule has 1 aliphatic rings. The number of hydrogen-bond acceptors (Lipinski definition) is 5. The second-order valence-electron chi connectivity index (χ2n) is 11.9. The lowest BCUT2D eigenvalue weighted by Gasteiger charge is -2.32. The molecule has 0 aliphatic carbocycles. The molecule has 3 aromatic carbocycles. The van der Waals surface area contributed by atoms with Gasteiger partial charge in [0.2, 0.25) is 0 Å². The van der Waals surface area contributed by atoms with Crippen molar-refractivity contribution in [2.24, 2.45) is 4.99 Å². The molecule has 3 aromatic rings. The van der Waals surface area contributed by atoms with Crippen LogP contribution in [0, 0.1) is 5.82 Å². The van der Waals surface area contributed by atoms with Gasteiger partial charge in [0.15, 0.2) is 6.04 Å². The number of esters is 1. The van der Waals surface area contributed by atoms with Gasteiger partial charge in [0, 0.05) is 17.5 Å². The van der Waals surface area contributed by atoms with E-state index in [1.807, 2.05) is 88.4 Å². The van der Waals surface area contributed by atoms with E-state index in [-0.39, 0.29) is 6.42 Å². The zero-order valence-corrected chi connectivity index (χ0v) is 23.8. The van der Waals surface area contributed by atoms with Crippen LogP contribution in [-0.4, -0.2) is 41.6 Å². The summed E-state index contributed by atoms with van der Waals surface area (Å²) in [7, 11) is -0.680. The Hall–Kier alpha value is -3.29. The van der Waals surface area contributed by atoms with Crippen LogP contribution in [-0.2, 0) is 25.3 Å². The number of halogens is 1. The second kappa shape index (κ2) is 11.1. The van der Waals surface area contributed by atoms with Crippen LogP contribution in [0.15, 0.2) is 83.9 Å². The van der Waals surface area contributed by atoms with E-state index in [0.29, 0.717) is 16.7 Å². The minimum atomic E-state index is -0.961. The summed E-state index contributed by atoms with van der Waals surface area (Å²) in [5.41, 5.74) is 1.51. The third-order valence-electron chi connectivity index (χ3n) is 7.07. The van der Waals surface area contributed by atoms with E-state index >= 15 is 4.39 Å². The quantitative estimate of drug-likeness (QED) is 0.217. The Kier molecular flexibility index (Phi) is 8.15. The predicted molar refractivity (Wildman–Crippen MR) is 154 cm³/mol. The van der Waals surface area contributed by atoms with Crippen molar-refractivity contribution in [3.8, 4) is 0 Å². The molecule has 0 amide bonds. The number of carbonyl (C=O) groups excluding carboxylic acids is 1. The van der Waals surface area contributed by atoms with E-state index in [0.717, 1.165) is 11.1 Å². The summed E-state index contributed by atoms with van der Waals surface area (Å²) in [4.78, 5) is 18.3. The van der Waals surface area contributed by atoms with Crippen molar-refractivity contribution in [2.45, 2.75) is 77.7 Å². The maximum atomic E-state index is 15.5. The first-order chi connectivity index (χ1) is 18.3. The lowest BCUT2D eigenvalue weighted by atomic mass is 9.78. The number of ether oxygens (including phenoxy) is 1. The number of aliphatic imine (C=N–C) groups is 1. The van der Waals surface area contributed by atoms with Gasteiger partial charge >= 0.3 is 13.1 Å². The SMILES string of the molecule is CC(C)(C)OC(=O)C(Cc1ccc(B2OC(C)(C)C(C)(C)O2)cc1F)N=C(c1ccccc1)c1ccccc1. The van der Waals surface area contributed by atoms with Gasteiger partial charge in [0.1, 0.15) is 11.4 Å². The van der Waals surface area contributed by atoms with Gasteiger partial charge in [-0.1, -0.05) is 72.8 Å². The number of rotatable bonds is 7. The summed E-state index contributed by atoms with van der Waals surface area (Å²) in [6.45, 7) is 13.2. The Balaban J connectivity index is 1.70. The van der Waals surface area contributed by atoms with Crippen molar-refractivity contribution in [3.05, 3.63) is 101 Å². The molecule has 1 aliphatic heterocycles. The van der Waals surface area contributed by atoms with Crippen LogP contribution >= 0.6 is 0 Å². The highest BCUT2D eigenvalue weighted by atomic mass is 19.1. The van der Waals surface area contributed by atoms with Crippen LogP contribution in [0.1, 0.15) is 65.2 Å². The molecule has 0 spiro atoms. The largest absolute Gasteiger partial charge is 0.494 e. The van der Waals surface area contributed by atoms with Gasteiger partial charge in [-0.15, -0.1) is 0 Å². The lowest BCUT2D eigenvalue weighted by Crippen LogP contribution is -2.41. The van der Waals surface area contributed by atoms with E-state index in [9.17, 15) is 4.79 Å². The summed E-state index contributed by atoms with van der Waals surface area (Å²) >= 11 is 0. The molecule has 7 heteroatoms. The molecule has 4 rings (SSSR count). The van der Waals surface area contributed by atoms with Crippen molar-refractivity contribution in [1.29, 1.82) is 0 Å². The van der Waals surface area contributed by atoms with Crippen LogP contribution in [0.5, 0.6) is 0 Å². The normalized spacial score (nSPS) is 17.0.